The fourth-order valence-corrected chi connectivity index (χ4v) is 3.87. The molecular formula is C12H13ClN2O2S. The summed E-state index contributed by atoms with van der Waals surface area (Å²) in [5, 5.41) is 0. The third-order valence-electron chi connectivity index (χ3n) is 3.77. The summed E-state index contributed by atoms with van der Waals surface area (Å²) < 4.78 is 0.446. The number of fused-ring (bicyclic) bond motifs is 1. The third kappa shape index (κ3) is 1.95. The van der Waals surface area contributed by atoms with Crippen LogP contribution in [0.15, 0.2) is 6.20 Å². The van der Waals surface area contributed by atoms with Crippen LogP contribution in [-0.2, 0) is 16.1 Å². The second-order valence-corrected chi connectivity index (χ2v) is 6.54. The number of thiazole rings is 1. The van der Waals surface area contributed by atoms with E-state index < -0.39 is 0 Å². The van der Waals surface area contributed by atoms with Crippen LogP contribution in [0.5, 0.6) is 0 Å². The minimum atomic E-state index is -0.0744. The van der Waals surface area contributed by atoms with Gasteiger partial charge in [0.05, 0.1) is 18.4 Å². The third-order valence-corrected chi connectivity index (χ3v) is 4.87. The highest BCUT2D eigenvalue weighted by atomic mass is 35.5. The molecule has 96 valence electrons. The van der Waals surface area contributed by atoms with Crippen molar-refractivity contribution in [3.05, 3.63) is 15.5 Å². The molecule has 2 heterocycles. The molecule has 1 aromatic heterocycles. The van der Waals surface area contributed by atoms with Crippen molar-refractivity contribution in [1.82, 2.24) is 9.88 Å². The minimum Gasteiger partial charge on any atom is -0.277 e. The average Bonchev–Trinajstić information content (AvgIpc) is 2.88. The van der Waals surface area contributed by atoms with E-state index in [9.17, 15) is 9.59 Å². The molecule has 1 aromatic rings. The second-order valence-electron chi connectivity index (χ2n) is 4.84. The van der Waals surface area contributed by atoms with E-state index >= 15 is 0 Å². The summed E-state index contributed by atoms with van der Waals surface area (Å²) in [6.07, 6.45) is 5.46. The summed E-state index contributed by atoms with van der Waals surface area (Å²) in [7, 11) is 0. The molecule has 2 amide bonds. The van der Waals surface area contributed by atoms with Gasteiger partial charge in [-0.15, -0.1) is 11.3 Å². The van der Waals surface area contributed by atoms with E-state index in [1.165, 1.54) is 16.2 Å². The maximum absolute atomic E-state index is 12.2. The Morgan fingerprint density at radius 3 is 2.39 bits per heavy atom. The van der Waals surface area contributed by atoms with E-state index in [0.717, 1.165) is 30.6 Å². The van der Waals surface area contributed by atoms with Crippen molar-refractivity contribution in [3.8, 4) is 0 Å². The molecule has 18 heavy (non-hydrogen) atoms. The lowest BCUT2D eigenvalue weighted by atomic mass is 9.81. The highest BCUT2D eigenvalue weighted by molar-refractivity contribution is 7.15. The zero-order chi connectivity index (χ0) is 12.7. The van der Waals surface area contributed by atoms with Crippen LogP contribution in [0.25, 0.3) is 0 Å². The molecule has 0 radical (unpaired) electrons. The van der Waals surface area contributed by atoms with Crippen molar-refractivity contribution in [1.29, 1.82) is 0 Å². The first-order valence-corrected chi connectivity index (χ1v) is 7.31. The Morgan fingerprint density at radius 1 is 1.28 bits per heavy atom. The summed E-state index contributed by atoms with van der Waals surface area (Å²) in [6.45, 7) is 0.328. The molecule has 1 saturated heterocycles. The molecule has 1 aliphatic carbocycles. The van der Waals surface area contributed by atoms with Gasteiger partial charge >= 0.3 is 0 Å². The number of carbonyl (C=O) groups excluding carboxylic acids is 2. The fourth-order valence-electron chi connectivity index (χ4n) is 2.90. The van der Waals surface area contributed by atoms with Gasteiger partial charge in [0.1, 0.15) is 0 Å². The number of carbonyl (C=O) groups is 2. The Kier molecular flexibility index (Phi) is 3.11. The molecule has 3 rings (SSSR count). The molecule has 1 aliphatic heterocycles. The molecule has 0 spiro atoms. The minimum absolute atomic E-state index is 0.00535. The van der Waals surface area contributed by atoms with Crippen molar-refractivity contribution < 1.29 is 9.59 Å². The highest BCUT2D eigenvalue weighted by Crippen LogP contribution is 2.38. The highest BCUT2D eigenvalue weighted by Gasteiger charge is 2.47. The van der Waals surface area contributed by atoms with Crippen LogP contribution >= 0.6 is 22.9 Å². The average molecular weight is 285 g/mol. The maximum atomic E-state index is 12.2. The Morgan fingerprint density at radius 2 is 1.89 bits per heavy atom. The first-order chi connectivity index (χ1) is 8.66. The van der Waals surface area contributed by atoms with Crippen LogP contribution in [0.2, 0.25) is 4.47 Å². The molecule has 1 saturated carbocycles. The molecule has 2 atom stereocenters. The van der Waals surface area contributed by atoms with Crippen LogP contribution in [-0.4, -0.2) is 21.7 Å². The topological polar surface area (TPSA) is 50.3 Å². The van der Waals surface area contributed by atoms with Gasteiger partial charge in [0.2, 0.25) is 11.8 Å². The van der Waals surface area contributed by atoms with E-state index in [2.05, 4.69) is 4.98 Å². The number of hydrogen-bond donors (Lipinski definition) is 0. The van der Waals surface area contributed by atoms with Gasteiger partial charge in [-0.3, -0.25) is 14.5 Å². The van der Waals surface area contributed by atoms with E-state index in [4.69, 9.17) is 11.6 Å². The van der Waals surface area contributed by atoms with E-state index in [1.807, 2.05) is 0 Å². The van der Waals surface area contributed by atoms with Gasteiger partial charge in [-0.05, 0) is 12.8 Å². The van der Waals surface area contributed by atoms with E-state index in [-0.39, 0.29) is 23.7 Å². The van der Waals surface area contributed by atoms with Gasteiger partial charge in [-0.1, -0.05) is 24.4 Å². The summed E-state index contributed by atoms with van der Waals surface area (Å²) in [4.78, 5) is 30.6. The SMILES string of the molecule is O=C1C2CCCCC2C(=O)N1Cc1cnc(Cl)s1. The van der Waals surface area contributed by atoms with Crippen LogP contribution in [0.1, 0.15) is 30.6 Å². The summed E-state index contributed by atoms with van der Waals surface area (Å²) in [5.41, 5.74) is 0. The van der Waals surface area contributed by atoms with Crippen molar-refractivity contribution in [2.75, 3.05) is 0 Å². The normalized spacial score (nSPS) is 27.7. The van der Waals surface area contributed by atoms with Crippen molar-refractivity contribution in [3.63, 3.8) is 0 Å². The zero-order valence-corrected chi connectivity index (χ0v) is 11.3. The van der Waals surface area contributed by atoms with Crippen LogP contribution in [0, 0.1) is 11.8 Å². The number of aromatic nitrogens is 1. The summed E-state index contributed by atoms with van der Waals surface area (Å²) in [5.74, 6) is -0.160. The lowest BCUT2D eigenvalue weighted by Crippen LogP contribution is -2.30. The Labute approximate surface area is 114 Å². The van der Waals surface area contributed by atoms with Crippen LogP contribution in [0.3, 0.4) is 0 Å². The largest absolute Gasteiger partial charge is 0.277 e. The maximum Gasteiger partial charge on any atom is 0.233 e. The number of nitrogens with zero attached hydrogens (tertiary/aromatic N) is 2. The number of imide groups is 1. The predicted molar refractivity (Wildman–Crippen MR) is 68.1 cm³/mol. The number of amides is 2. The van der Waals surface area contributed by atoms with Gasteiger partial charge < -0.3 is 0 Å². The number of hydrogen-bond acceptors (Lipinski definition) is 4. The van der Waals surface area contributed by atoms with Crippen molar-refractivity contribution >= 4 is 34.8 Å². The fraction of sp³-hybridized carbons (Fsp3) is 0.583. The molecule has 0 bridgehead atoms. The smallest absolute Gasteiger partial charge is 0.233 e. The number of likely N-dealkylation sites (tertiary alicyclic amines) is 1. The molecule has 2 unspecified atom stereocenters. The Hall–Kier alpha value is -0.940. The molecule has 0 aromatic carbocycles. The van der Waals surface area contributed by atoms with Crippen LogP contribution < -0.4 is 0 Å². The lowest BCUT2D eigenvalue weighted by molar-refractivity contribution is -0.140. The van der Waals surface area contributed by atoms with Crippen LogP contribution in [0.4, 0.5) is 0 Å². The standard InChI is InChI=1S/C12H13ClN2O2S/c13-12-14-5-7(18-12)6-15-10(16)8-3-1-2-4-9(8)11(15)17/h5,8-9H,1-4,6H2. The zero-order valence-electron chi connectivity index (χ0n) is 9.76. The van der Waals surface area contributed by atoms with Crippen molar-refractivity contribution in [2.45, 2.75) is 32.2 Å². The first kappa shape index (κ1) is 12.1. The number of halogens is 1. The molecule has 2 fully saturated rings. The Balaban J connectivity index is 1.80. The van der Waals surface area contributed by atoms with E-state index in [1.54, 1.807) is 6.20 Å². The molecule has 2 aliphatic rings. The lowest BCUT2D eigenvalue weighted by Gasteiger charge is -2.19. The molecule has 6 heteroatoms. The van der Waals surface area contributed by atoms with Gasteiger partial charge in [0.15, 0.2) is 4.47 Å². The van der Waals surface area contributed by atoms with Crippen molar-refractivity contribution in [2.24, 2.45) is 11.8 Å². The predicted octanol–water partition coefficient (Wildman–Crippen LogP) is 2.47. The summed E-state index contributed by atoms with van der Waals surface area (Å²) >= 11 is 7.08. The molecule has 4 nitrogen and oxygen atoms in total. The molecule has 0 N–H and O–H groups in total. The second kappa shape index (κ2) is 4.63. The number of rotatable bonds is 2. The molecular weight excluding hydrogens is 272 g/mol. The summed E-state index contributed by atoms with van der Waals surface area (Å²) in [6, 6.07) is 0. The van der Waals surface area contributed by atoms with E-state index in [0.29, 0.717) is 11.0 Å². The quantitative estimate of drug-likeness (QED) is 0.784. The monoisotopic (exact) mass is 284 g/mol. The van der Waals surface area contributed by atoms with Gasteiger partial charge in [0, 0.05) is 11.1 Å². The first-order valence-electron chi connectivity index (χ1n) is 6.12. The van der Waals surface area contributed by atoms with Gasteiger partial charge in [-0.2, -0.15) is 0 Å². The van der Waals surface area contributed by atoms with Gasteiger partial charge in [-0.25, -0.2) is 4.98 Å². The van der Waals surface area contributed by atoms with Gasteiger partial charge in [0.25, 0.3) is 0 Å². The Bertz CT molecular complexity index is 478.